The average molecular weight is 376 g/mol. The number of amides is 1. The van der Waals surface area contributed by atoms with E-state index in [9.17, 15) is 4.79 Å². The second kappa shape index (κ2) is 7.87. The minimum atomic E-state index is -0.298. The molecule has 3 rings (SSSR count). The summed E-state index contributed by atoms with van der Waals surface area (Å²) in [6, 6.07) is 5.07. The van der Waals surface area contributed by atoms with Gasteiger partial charge in [0.2, 0.25) is 23.6 Å². The SMILES string of the molecule is COc1cc(OC)nc(NC(=O)CSc2nnc(-c3ccco3)n2C)n1. The Morgan fingerprint density at radius 3 is 2.62 bits per heavy atom. The number of carbonyl (C=O) groups excluding carboxylic acids is 1. The van der Waals surface area contributed by atoms with Gasteiger partial charge in [0.25, 0.3) is 0 Å². The Kier molecular flexibility index (Phi) is 5.37. The highest BCUT2D eigenvalue weighted by atomic mass is 32.2. The van der Waals surface area contributed by atoms with Crippen LogP contribution in [-0.4, -0.2) is 50.6 Å². The van der Waals surface area contributed by atoms with Gasteiger partial charge < -0.3 is 18.5 Å². The highest BCUT2D eigenvalue weighted by Gasteiger charge is 2.15. The standard InChI is InChI=1S/C15H16N6O4S/c1-21-13(9-5-4-6-25-9)19-20-15(21)26-8-10(22)16-14-17-11(23-2)7-12(18-14)24-3/h4-7H,8H2,1-3H3,(H,16,17,18,22). The fraction of sp³-hybridized carbons (Fsp3) is 0.267. The average Bonchev–Trinajstić information content (AvgIpc) is 3.29. The molecule has 0 bridgehead atoms. The predicted octanol–water partition coefficient (Wildman–Crippen LogP) is 1.61. The highest BCUT2D eigenvalue weighted by molar-refractivity contribution is 7.99. The van der Waals surface area contributed by atoms with Crippen LogP contribution >= 0.6 is 11.8 Å². The van der Waals surface area contributed by atoms with Crippen LogP contribution in [0.4, 0.5) is 5.95 Å². The normalized spacial score (nSPS) is 10.6. The molecule has 1 N–H and O–H groups in total. The van der Waals surface area contributed by atoms with Crippen molar-refractivity contribution in [1.82, 2.24) is 24.7 Å². The minimum absolute atomic E-state index is 0.0982. The summed E-state index contributed by atoms with van der Waals surface area (Å²) in [6.45, 7) is 0. The van der Waals surface area contributed by atoms with Crippen molar-refractivity contribution in [3.05, 3.63) is 24.5 Å². The maximum absolute atomic E-state index is 12.2. The first kappa shape index (κ1) is 17.7. The second-order valence-electron chi connectivity index (χ2n) is 4.96. The number of furan rings is 1. The number of thioether (sulfide) groups is 1. The number of hydrogen-bond donors (Lipinski definition) is 1. The Hall–Kier alpha value is -3.08. The lowest BCUT2D eigenvalue weighted by molar-refractivity contribution is -0.113. The molecule has 0 fully saturated rings. The summed E-state index contributed by atoms with van der Waals surface area (Å²) in [5.74, 6) is 1.67. The van der Waals surface area contributed by atoms with E-state index in [1.807, 2.05) is 0 Å². The molecule has 0 spiro atoms. The van der Waals surface area contributed by atoms with Gasteiger partial charge in [-0.2, -0.15) is 9.97 Å². The number of anilines is 1. The van der Waals surface area contributed by atoms with Crippen molar-refractivity contribution in [2.75, 3.05) is 25.3 Å². The fourth-order valence-corrected chi connectivity index (χ4v) is 2.73. The van der Waals surface area contributed by atoms with E-state index in [0.717, 1.165) is 0 Å². The number of nitrogens with one attached hydrogen (secondary N) is 1. The Morgan fingerprint density at radius 2 is 2.00 bits per heavy atom. The van der Waals surface area contributed by atoms with Crippen LogP contribution in [0.2, 0.25) is 0 Å². The van der Waals surface area contributed by atoms with Gasteiger partial charge in [0.1, 0.15) is 0 Å². The molecule has 0 aromatic carbocycles. The molecule has 0 unspecified atom stereocenters. The minimum Gasteiger partial charge on any atom is -0.481 e. The summed E-state index contributed by atoms with van der Waals surface area (Å²) in [6.07, 6.45) is 1.56. The van der Waals surface area contributed by atoms with Gasteiger partial charge in [-0.15, -0.1) is 10.2 Å². The smallest absolute Gasteiger partial charge is 0.237 e. The Labute approximate surface area is 152 Å². The summed E-state index contributed by atoms with van der Waals surface area (Å²) in [5, 5.41) is 11.3. The molecule has 0 aliphatic heterocycles. The first-order chi connectivity index (χ1) is 12.6. The fourth-order valence-electron chi connectivity index (χ4n) is 2.02. The molecule has 0 aliphatic carbocycles. The third kappa shape index (κ3) is 3.94. The molecular weight excluding hydrogens is 360 g/mol. The molecule has 3 aromatic rings. The van der Waals surface area contributed by atoms with E-state index in [4.69, 9.17) is 13.9 Å². The molecule has 0 radical (unpaired) electrons. The maximum Gasteiger partial charge on any atom is 0.237 e. The number of methoxy groups -OCH3 is 2. The molecule has 0 saturated heterocycles. The largest absolute Gasteiger partial charge is 0.481 e. The summed E-state index contributed by atoms with van der Waals surface area (Å²) < 4.78 is 17.1. The van der Waals surface area contributed by atoms with Crippen LogP contribution in [-0.2, 0) is 11.8 Å². The number of nitrogens with zero attached hydrogens (tertiary/aromatic N) is 5. The van der Waals surface area contributed by atoms with E-state index < -0.39 is 0 Å². The van der Waals surface area contributed by atoms with Crippen molar-refractivity contribution in [2.45, 2.75) is 5.16 Å². The molecule has 0 aliphatic rings. The van der Waals surface area contributed by atoms with E-state index in [1.165, 1.54) is 32.0 Å². The molecule has 136 valence electrons. The highest BCUT2D eigenvalue weighted by Crippen LogP contribution is 2.23. The molecular formula is C15H16N6O4S. The van der Waals surface area contributed by atoms with Gasteiger partial charge in [-0.05, 0) is 12.1 Å². The quantitative estimate of drug-likeness (QED) is 0.614. The van der Waals surface area contributed by atoms with Crippen LogP contribution in [0.5, 0.6) is 11.8 Å². The topological polar surface area (TPSA) is 117 Å². The number of rotatable bonds is 7. The summed E-state index contributed by atoms with van der Waals surface area (Å²) >= 11 is 1.23. The van der Waals surface area contributed by atoms with Crippen LogP contribution in [0, 0.1) is 0 Å². The van der Waals surface area contributed by atoms with Gasteiger partial charge in [-0.25, -0.2) is 0 Å². The van der Waals surface area contributed by atoms with E-state index in [-0.39, 0.29) is 29.4 Å². The molecule has 0 atom stereocenters. The molecule has 26 heavy (non-hydrogen) atoms. The lowest BCUT2D eigenvalue weighted by atomic mass is 10.4. The van der Waals surface area contributed by atoms with Crippen LogP contribution in [0.25, 0.3) is 11.6 Å². The number of ether oxygens (including phenoxy) is 2. The lowest BCUT2D eigenvalue weighted by Gasteiger charge is -2.07. The van der Waals surface area contributed by atoms with Gasteiger partial charge in [-0.1, -0.05) is 11.8 Å². The van der Waals surface area contributed by atoms with E-state index >= 15 is 0 Å². The zero-order valence-electron chi connectivity index (χ0n) is 14.3. The predicted molar refractivity (Wildman–Crippen MR) is 93.2 cm³/mol. The van der Waals surface area contributed by atoms with Crippen molar-refractivity contribution in [1.29, 1.82) is 0 Å². The van der Waals surface area contributed by atoms with Crippen LogP contribution in [0.3, 0.4) is 0 Å². The molecule has 3 aromatic heterocycles. The van der Waals surface area contributed by atoms with Crippen molar-refractivity contribution in [3.8, 4) is 23.3 Å². The van der Waals surface area contributed by atoms with Crippen LogP contribution < -0.4 is 14.8 Å². The number of aromatic nitrogens is 5. The number of carbonyl (C=O) groups is 1. The summed E-state index contributed by atoms with van der Waals surface area (Å²) in [4.78, 5) is 20.3. The molecule has 3 heterocycles. The van der Waals surface area contributed by atoms with E-state index in [1.54, 1.807) is 30.0 Å². The third-order valence-electron chi connectivity index (χ3n) is 3.26. The van der Waals surface area contributed by atoms with Gasteiger partial charge in [0, 0.05) is 7.05 Å². The van der Waals surface area contributed by atoms with Gasteiger partial charge in [0.05, 0.1) is 32.3 Å². The monoisotopic (exact) mass is 376 g/mol. The van der Waals surface area contributed by atoms with Crippen molar-refractivity contribution in [3.63, 3.8) is 0 Å². The van der Waals surface area contributed by atoms with Crippen molar-refractivity contribution in [2.24, 2.45) is 7.05 Å². The molecule has 11 heteroatoms. The third-order valence-corrected chi connectivity index (χ3v) is 4.28. The zero-order chi connectivity index (χ0) is 18.5. The first-order valence-corrected chi connectivity index (χ1v) is 8.42. The van der Waals surface area contributed by atoms with Crippen molar-refractivity contribution < 1.29 is 18.7 Å². The Morgan fingerprint density at radius 1 is 1.27 bits per heavy atom. The first-order valence-electron chi connectivity index (χ1n) is 7.43. The Bertz CT molecular complexity index is 873. The van der Waals surface area contributed by atoms with Gasteiger partial charge in [-0.3, -0.25) is 10.1 Å². The Balaban J connectivity index is 1.63. The summed E-state index contributed by atoms with van der Waals surface area (Å²) in [7, 11) is 4.73. The molecule has 1 amide bonds. The van der Waals surface area contributed by atoms with Gasteiger partial charge in [0.15, 0.2) is 16.7 Å². The second-order valence-corrected chi connectivity index (χ2v) is 5.90. The van der Waals surface area contributed by atoms with E-state index in [0.29, 0.717) is 16.7 Å². The maximum atomic E-state index is 12.2. The summed E-state index contributed by atoms with van der Waals surface area (Å²) in [5.41, 5.74) is 0. The van der Waals surface area contributed by atoms with E-state index in [2.05, 4.69) is 25.5 Å². The van der Waals surface area contributed by atoms with Gasteiger partial charge >= 0.3 is 0 Å². The van der Waals surface area contributed by atoms with Crippen molar-refractivity contribution >= 4 is 23.6 Å². The number of hydrogen-bond acceptors (Lipinski definition) is 9. The molecule has 10 nitrogen and oxygen atoms in total. The lowest BCUT2D eigenvalue weighted by Crippen LogP contribution is -2.17. The zero-order valence-corrected chi connectivity index (χ0v) is 15.1. The van der Waals surface area contributed by atoms with Crippen LogP contribution in [0.1, 0.15) is 0 Å². The van der Waals surface area contributed by atoms with Crippen LogP contribution in [0.15, 0.2) is 34.0 Å². The molecule has 0 saturated carbocycles.